The van der Waals surface area contributed by atoms with Gasteiger partial charge in [0.1, 0.15) is 6.54 Å². The Hall–Kier alpha value is -1.59. The minimum Gasteiger partial charge on any atom is -0.275 e. The van der Waals surface area contributed by atoms with Crippen molar-refractivity contribution in [1.29, 1.82) is 0 Å². The fraction of sp³-hybridized carbons (Fsp3) is 0.182. The van der Waals surface area contributed by atoms with Crippen molar-refractivity contribution in [2.24, 2.45) is 0 Å². The third-order valence-corrected chi connectivity index (χ3v) is 2.89. The van der Waals surface area contributed by atoms with Gasteiger partial charge in [-0.3, -0.25) is 14.5 Å². The van der Waals surface area contributed by atoms with Crippen molar-refractivity contribution in [2.45, 2.75) is 6.92 Å². The first-order valence-corrected chi connectivity index (χ1v) is 5.77. The van der Waals surface area contributed by atoms with Crippen molar-refractivity contribution < 1.29 is 14.4 Å². The highest BCUT2D eigenvalue weighted by Gasteiger charge is 2.39. The maximum Gasteiger partial charge on any atom is 0.338 e. The van der Waals surface area contributed by atoms with Crippen LogP contribution in [0, 0.1) is 0 Å². The van der Waals surface area contributed by atoms with Crippen LogP contribution in [0.25, 0.3) is 0 Å². The van der Waals surface area contributed by atoms with Gasteiger partial charge in [0.05, 0.1) is 5.69 Å². The third kappa shape index (κ3) is 2.19. The van der Waals surface area contributed by atoms with E-state index in [-0.39, 0.29) is 12.2 Å². The molecule has 7 heteroatoms. The van der Waals surface area contributed by atoms with Crippen LogP contribution in [0.1, 0.15) is 6.92 Å². The van der Waals surface area contributed by atoms with Gasteiger partial charge >= 0.3 is 6.03 Å². The smallest absolute Gasteiger partial charge is 0.275 e. The minimum absolute atomic E-state index is 0.256. The summed E-state index contributed by atoms with van der Waals surface area (Å²) < 4.78 is 0. The Morgan fingerprint density at radius 2 is 1.72 bits per heavy atom. The molecule has 0 aliphatic carbocycles. The Morgan fingerprint density at radius 1 is 1.17 bits per heavy atom. The maximum absolute atomic E-state index is 11.9. The molecule has 1 aromatic rings. The number of rotatable bonds is 1. The van der Waals surface area contributed by atoms with E-state index in [2.05, 4.69) is 0 Å². The third-order valence-electron chi connectivity index (χ3n) is 2.45. The molecular weight excluding hydrogens is 279 g/mol. The van der Waals surface area contributed by atoms with Gasteiger partial charge < -0.3 is 0 Å². The van der Waals surface area contributed by atoms with Gasteiger partial charge in [0.2, 0.25) is 5.91 Å². The molecule has 4 amide bonds. The molecule has 1 aromatic carbocycles. The number of hydrogen-bond acceptors (Lipinski definition) is 3. The van der Waals surface area contributed by atoms with Gasteiger partial charge in [0.25, 0.3) is 5.91 Å². The second kappa shape index (κ2) is 4.59. The zero-order valence-corrected chi connectivity index (χ0v) is 10.8. The topological polar surface area (TPSA) is 57.7 Å². The fourth-order valence-corrected chi connectivity index (χ4v) is 2.18. The number of hydrogen-bond donors (Lipinski definition) is 0. The van der Waals surface area contributed by atoms with Gasteiger partial charge in [-0.1, -0.05) is 23.2 Å². The number of halogens is 2. The van der Waals surface area contributed by atoms with Gasteiger partial charge in [-0.15, -0.1) is 0 Å². The zero-order valence-electron chi connectivity index (χ0n) is 9.31. The highest BCUT2D eigenvalue weighted by Crippen LogP contribution is 2.28. The van der Waals surface area contributed by atoms with Crippen molar-refractivity contribution >= 4 is 46.7 Å². The van der Waals surface area contributed by atoms with Crippen molar-refractivity contribution in [2.75, 3.05) is 11.4 Å². The second-order valence-corrected chi connectivity index (χ2v) is 4.62. The predicted octanol–water partition coefficient (Wildman–Crippen LogP) is 2.31. The quantitative estimate of drug-likeness (QED) is 0.745. The van der Waals surface area contributed by atoms with Crippen LogP contribution < -0.4 is 4.90 Å². The van der Waals surface area contributed by atoms with Crippen LogP contribution in [-0.4, -0.2) is 29.3 Å². The average molecular weight is 287 g/mol. The maximum atomic E-state index is 11.9. The van der Waals surface area contributed by atoms with Gasteiger partial charge in [-0.2, -0.15) is 0 Å². The number of urea groups is 1. The molecule has 1 heterocycles. The molecule has 1 aliphatic rings. The molecule has 0 spiro atoms. The fourth-order valence-electron chi connectivity index (χ4n) is 1.67. The van der Waals surface area contributed by atoms with E-state index in [4.69, 9.17) is 23.2 Å². The summed E-state index contributed by atoms with van der Waals surface area (Å²) in [7, 11) is 0. The molecule has 0 bridgehead atoms. The molecule has 18 heavy (non-hydrogen) atoms. The highest BCUT2D eigenvalue weighted by molar-refractivity contribution is 6.35. The lowest BCUT2D eigenvalue weighted by atomic mass is 10.3. The Bertz CT molecular complexity index is 539. The summed E-state index contributed by atoms with van der Waals surface area (Å²) in [4.78, 5) is 36.6. The molecule has 2 rings (SSSR count). The molecule has 0 aromatic heterocycles. The van der Waals surface area contributed by atoms with E-state index in [0.717, 1.165) is 9.80 Å². The Morgan fingerprint density at radius 3 is 2.17 bits per heavy atom. The summed E-state index contributed by atoms with van der Waals surface area (Å²) in [6, 6.07) is 3.67. The summed E-state index contributed by atoms with van der Waals surface area (Å²) in [6.45, 7) is 0.956. The number of carbonyl (C=O) groups is 3. The summed E-state index contributed by atoms with van der Waals surface area (Å²) in [5, 5.41) is 0.610. The van der Waals surface area contributed by atoms with Gasteiger partial charge in [-0.05, 0) is 18.2 Å². The van der Waals surface area contributed by atoms with Crippen LogP contribution in [0.5, 0.6) is 0 Å². The van der Waals surface area contributed by atoms with E-state index >= 15 is 0 Å². The van der Waals surface area contributed by atoms with Gasteiger partial charge in [0.15, 0.2) is 0 Å². The molecular formula is C11H8Cl2N2O3. The molecule has 0 unspecified atom stereocenters. The lowest BCUT2D eigenvalue weighted by Gasteiger charge is -2.15. The van der Waals surface area contributed by atoms with Crippen LogP contribution in [0.2, 0.25) is 10.0 Å². The van der Waals surface area contributed by atoms with Crippen molar-refractivity contribution in [3.63, 3.8) is 0 Å². The number of nitrogens with zero attached hydrogens (tertiary/aromatic N) is 2. The SMILES string of the molecule is CC(=O)N1CC(=O)N(c2cc(Cl)cc(Cl)c2)C1=O. The minimum atomic E-state index is -0.689. The summed E-state index contributed by atoms with van der Waals surface area (Å²) in [6.07, 6.45) is 0. The first-order chi connectivity index (χ1) is 8.40. The number of anilines is 1. The normalized spacial score (nSPS) is 15.5. The van der Waals surface area contributed by atoms with E-state index in [1.807, 2.05) is 0 Å². The van der Waals surface area contributed by atoms with E-state index in [1.165, 1.54) is 25.1 Å². The van der Waals surface area contributed by atoms with Gasteiger partial charge in [0, 0.05) is 17.0 Å². The van der Waals surface area contributed by atoms with Crippen LogP contribution in [-0.2, 0) is 9.59 Å². The second-order valence-electron chi connectivity index (χ2n) is 3.74. The first kappa shape index (κ1) is 12.9. The van der Waals surface area contributed by atoms with E-state index in [1.54, 1.807) is 0 Å². The average Bonchev–Trinajstić information content (AvgIpc) is 2.52. The standard InChI is InChI=1S/C11H8Cl2N2O3/c1-6(16)14-5-10(17)15(11(14)18)9-3-7(12)2-8(13)4-9/h2-4H,5H2,1H3. The molecule has 1 saturated heterocycles. The number of carbonyl (C=O) groups excluding carboxylic acids is 3. The molecule has 0 atom stereocenters. The first-order valence-electron chi connectivity index (χ1n) is 5.01. The monoisotopic (exact) mass is 286 g/mol. The lowest BCUT2D eigenvalue weighted by molar-refractivity contribution is -0.128. The summed E-state index contributed by atoms with van der Waals surface area (Å²) in [5.41, 5.74) is 0.256. The lowest BCUT2D eigenvalue weighted by Crippen LogP contribution is -2.35. The van der Waals surface area contributed by atoms with Crippen LogP contribution >= 0.6 is 23.2 Å². The Labute approximate surface area is 113 Å². The van der Waals surface area contributed by atoms with Crippen molar-refractivity contribution in [3.05, 3.63) is 28.2 Å². The Kier molecular flexibility index (Phi) is 3.28. The molecule has 0 N–H and O–H groups in total. The number of benzene rings is 1. The highest BCUT2D eigenvalue weighted by atomic mass is 35.5. The molecule has 1 aliphatic heterocycles. The largest absolute Gasteiger partial charge is 0.338 e. The molecule has 5 nitrogen and oxygen atoms in total. The van der Waals surface area contributed by atoms with Crippen LogP contribution in [0.4, 0.5) is 10.5 Å². The molecule has 0 radical (unpaired) electrons. The van der Waals surface area contributed by atoms with E-state index in [0.29, 0.717) is 10.0 Å². The zero-order chi connectivity index (χ0) is 13.4. The van der Waals surface area contributed by atoms with Crippen molar-refractivity contribution in [1.82, 2.24) is 4.90 Å². The summed E-state index contributed by atoms with van der Waals surface area (Å²) in [5.74, 6) is -0.975. The summed E-state index contributed by atoms with van der Waals surface area (Å²) >= 11 is 11.6. The molecule has 94 valence electrons. The van der Waals surface area contributed by atoms with Crippen LogP contribution in [0.15, 0.2) is 18.2 Å². The number of amides is 4. The molecule has 1 fully saturated rings. The van der Waals surface area contributed by atoms with Crippen LogP contribution in [0.3, 0.4) is 0 Å². The van der Waals surface area contributed by atoms with Gasteiger partial charge in [-0.25, -0.2) is 9.69 Å². The number of imide groups is 2. The predicted molar refractivity (Wildman–Crippen MR) is 66.7 cm³/mol. The van der Waals surface area contributed by atoms with Crippen molar-refractivity contribution in [3.8, 4) is 0 Å². The van der Waals surface area contributed by atoms with E-state index < -0.39 is 17.8 Å². The Balaban J connectivity index is 2.42. The molecule has 0 saturated carbocycles. The van der Waals surface area contributed by atoms with E-state index in [9.17, 15) is 14.4 Å².